The van der Waals surface area contributed by atoms with Gasteiger partial charge in [0.05, 0.1) is 6.07 Å². The largest absolute Gasteiger partial charge is 0.357 e. The topological polar surface area (TPSA) is 61.6 Å². The Kier molecular flexibility index (Phi) is 3.09. The molecule has 0 aliphatic heterocycles. The Hall–Kier alpha value is -1.77. The Morgan fingerprint density at radius 2 is 2.31 bits per heavy atom. The fourth-order valence-corrected chi connectivity index (χ4v) is 0.718. The highest BCUT2D eigenvalue weighted by atomic mass is 19.3. The molecule has 0 radical (unpaired) electrons. The third-order valence-corrected chi connectivity index (χ3v) is 1.26. The van der Waals surface area contributed by atoms with Gasteiger partial charge in [-0.2, -0.15) is 5.26 Å². The van der Waals surface area contributed by atoms with Crippen molar-refractivity contribution in [3.63, 3.8) is 0 Å². The van der Waals surface area contributed by atoms with Gasteiger partial charge in [0, 0.05) is 6.07 Å². The van der Waals surface area contributed by atoms with Crippen LogP contribution in [0, 0.1) is 11.3 Å². The van der Waals surface area contributed by atoms with Gasteiger partial charge in [0.15, 0.2) is 0 Å². The maximum Gasteiger partial charge on any atom is 0.280 e. The Balaban J connectivity index is 2.75. The molecule has 1 N–H and O–H groups in total. The highest BCUT2D eigenvalue weighted by Gasteiger charge is 2.08. The summed E-state index contributed by atoms with van der Waals surface area (Å²) in [4.78, 5) is 7.02. The molecule has 1 heterocycles. The number of nitrogens with zero attached hydrogens (tertiary/aromatic N) is 3. The van der Waals surface area contributed by atoms with Crippen molar-refractivity contribution in [2.45, 2.75) is 6.43 Å². The van der Waals surface area contributed by atoms with Gasteiger partial charge in [-0.25, -0.2) is 18.7 Å². The minimum atomic E-state index is -2.62. The van der Waals surface area contributed by atoms with Crippen LogP contribution < -0.4 is 5.32 Å². The maximum atomic E-state index is 12.1. The summed E-state index contributed by atoms with van der Waals surface area (Å²) in [6, 6.07) is 2.92. The van der Waals surface area contributed by atoms with Gasteiger partial charge in [-0.05, 0) is 0 Å². The number of aromatic nitrogens is 2. The number of halogens is 2. The second-order valence-electron chi connectivity index (χ2n) is 2.14. The predicted molar refractivity (Wildman–Crippen MR) is 41.1 cm³/mol. The average molecular weight is 184 g/mol. The molecule has 0 aliphatic rings. The summed E-state index contributed by atoms with van der Waals surface area (Å²) in [5, 5.41) is 10.7. The fraction of sp³-hybridized carbons (Fsp3) is 0.286. The van der Waals surface area contributed by atoms with E-state index in [0.29, 0.717) is 0 Å². The zero-order chi connectivity index (χ0) is 9.68. The first kappa shape index (κ1) is 9.32. The van der Waals surface area contributed by atoms with E-state index in [1.165, 1.54) is 0 Å². The molecule has 1 aromatic heterocycles. The summed E-state index contributed by atoms with van der Waals surface area (Å²) in [7, 11) is 0. The van der Waals surface area contributed by atoms with E-state index in [-0.39, 0.29) is 18.1 Å². The third kappa shape index (κ3) is 2.63. The van der Waals surface area contributed by atoms with E-state index in [9.17, 15) is 8.78 Å². The molecule has 0 fully saturated rings. The van der Waals surface area contributed by atoms with E-state index >= 15 is 0 Å². The Bertz CT molecular complexity index is 321. The number of alkyl halides is 2. The zero-order valence-electron chi connectivity index (χ0n) is 6.54. The van der Waals surface area contributed by atoms with Crippen molar-refractivity contribution < 1.29 is 8.78 Å². The molecule has 6 heteroatoms. The fourth-order valence-electron chi connectivity index (χ4n) is 0.718. The van der Waals surface area contributed by atoms with E-state index in [1.54, 1.807) is 6.07 Å². The zero-order valence-corrected chi connectivity index (χ0v) is 6.54. The lowest BCUT2D eigenvalue weighted by atomic mass is 10.4. The van der Waals surface area contributed by atoms with Crippen molar-refractivity contribution in [3.8, 4) is 6.07 Å². The second-order valence-corrected chi connectivity index (χ2v) is 2.14. The minimum Gasteiger partial charge on any atom is -0.357 e. The third-order valence-electron chi connectivity index (χ3n) is 1.26. The van der Waals surface area contributed by atoms with Crippen LogP contribution in [0.15, 0.2) is 12.4 Å². The highest BCUT2D eigenvalue weighted by molar-refractivity contribution is 5.35. The van der Waals surface area contributed by atoms with E-state index in [2.05, 4.69) is 15.3 Å². The molecule has 0 aromatic carbocycles. The molecule has 0 saturated carbocycles. The molecule has 0 aliphatic carbocycles. The van der Waals surface area contributed by atoms with Gasteiger partial charge in [-0.15, -0.1) is 0 Å². The number of anilines is 1. The summed E-state index contributed by atoms with van der Waals surface area (Å²) in [5.74, 6) is 0.229. The van der Waals surface area contributed by atoms with Gasteiger partial charge in [0.1, 0.15) is 24.4 Å². The molecule has 0 atom stereocenters. The summed E-state index contributed by atoms with van der Waals surface area (Å²) < 4.78 is 24.2. The SMILES string of the molecule is N#CCNc1cc(C(F)F)ncn1. The lowest BCUT2D eigenvalue weighted by Crippen LogP contribution is -2.02. The van der Waals surface area contributed by atoms with E-state index in [4.69, 9.17) is 5.26 Å². The Morgan fingerprint density at radius 1 is 1.54 bits per heavy atom. The molecule has 0 amide bonds. The van der Waals surface area contributed by atoms with E-state index in [0.717, 1.165) is 12.4 Å². The van der Waals surface area contributed by atoms with Crippen molar-refractivity contribution >= 4 is 5.82 Å². The van der Waals surface area contributed by atoms with Crippen LogP contribution in [-0.2, 0) is 0 Å². The van der Waals surface area contributed by atoms with Crippen molar-refractivity contribution in [2.24, 2.45) is 0 Å². The van der Waals surface area contributed by atoms with Gasteiger partial charge in [0.2, 0.25) is 0 Å². The summed E-state index contributed by atoms with van der Waals surface area (Å²) in [6.45, 7) is 0.0275. The summed E-state index contributed by atoms with van der Waals surface area (Å²) >= 11 is 0. The van der Waals surface area contributed by atoms with Gasteiger partial charge >= 0.3 is 0 Å². The first-order valence-electron chi connectivity index (χ1n) is 3.45. The standard InChI is InChI=1S/C7H6F2N4/c8-7(9)5-3-6(11-2-1-10)13-4-12-5/h3-4,7H,2H2,(H,11,12,13). The van der Waals surface area contributed by atoms with E-state index < -0.39 is 6.43 Å². The average Bonchev–Trinajstić information content (AvgIpc) is 2.15. The normalized spacial score (nSPS) is 9.69. The molecule has 0 spiro atoms. The van der Waals surface area contributed by atoms with Crippen LogP contribution in [0.1, 0.15) is 12.1 Å². The molecule has 13 heavy (non-hydrogen) atoms. The predicted octanol–water partition coefficient (Wildman–Crippen LogP) is 1.35. The number of hydrogen-bond donors (Lipinski definition) is 1. The highest BCUT2D eigenvalue weighted by Crippen LogP contribution is 2.17. The lowest BCUT2D eigenvalue weighted by Gasteiger charge is -2.02. The quantitative estimate of drug-likeness (QED) is 0.720. The van der Waals surface area contributed by atoms with Crippen molar-refractivity contribution in [2.75, 3.05) is 11.9 Å². The second kappa shape index (κ2) is 4.30. The molecule has 1 aromatic rings. The van der Waals surface area contributed by atoms with Crippen LogP contribution >= 0.6 is 0 Å². The molecule has 4 nitrogen and oxygen atoms in total. The van der Waals surface area contributed by atoms with Crippen LogP contribution in [0.3, 0.4) is 0 Å². The lowest BCUT2D eigenvalue weighted by molar-refractivity contribution is 0.146. The molecule has 0 saturated heterocycles. The van der Waals surface area contributed by atoms with E-state index in [1.807, 2.05) is 0 Å². The van der Waals surface area contributed by atoms with Crippen LogP contribution in [0.2, 0.25) is 0 Å². The number of rotatable bonds is 3. The van der Waals surface area contributed by atoms with Crippen molar-refractivity contribution in [3.05, 3.63) is 18.1 Å². The molecular formula is C7H6F2N4. The van der Waals surface area contributed by atoms with Gasteiger partial charge in [-0.3, -0.25) is 0 Å². The van der Waals surface area contributed by atoms with Crippen LogP contribution in [0.25, 0.3) is 0 Å². The number of hydrogen-bond acceptors (Lipinski definition) is 4. The van der Waals surface area contributed by atoms with Crippen LogP contribution in [0.4, 0.5) is 14.6 Å². The van der Waals surface area contributed by atoms with Crippen molar-refractivity contribution in [1.82, 2.24) is 9.97 Å². The maximum absolute atomic E-state index is 12.1. The Labute approximate surface area is 73.2 Å². The first-order chi connectivity index (χ1) is 6.24. The molecular weight excluding hydrogens is 178 g/mol. The molecule has 1 rings (SSSR count). The number of nitrogens with one attached hydrogen (secondary N) is 1. The van der Waals surface area contributed by atoms with Crippen molar-refractivity contribution in [1.29, 1.82) is 5.26 Å². The summed E-state index contributed by atoms with van der Waals surface area (Å²) in [5.41, 5.74) is -0.351. The number of nitriles is 1. The summed E-state index contributed by atoms with van der Waals surface area (Å²) in [6.07, 6.45) is -1.59. The molecule has 0 unspecified atom stereocenters. The molecule has 0 bridgehead atoms. The van der Waals surface area contributed by atoms with Gasteiger partial charge in [-0.1, -0.05) is 0 Å². The minimum absolute atomic E-state index is 0.0275. The van der Waals surface area contributed by atoms with Gasteiger partial charge < -0.3 is 5.32 Å². The van der Waals surface area contributed by atoms with Crippen LogP contribution in [-0.4, -0.2) is 16.5 Å². The Morgan fingerprint density at radius 3 is 2.92 bits per heavy atom. The monoisotopic (exact) mass is 184 g/mol. The smallest absolute Gasteiger partial charge is 0.280 e. The van der Waals surface area contributed by atoms with Gasteiger partial charge in [0.25, 0.3) is 6.43 Å². The molecule has 68 valence electrons. The van der Waals surface area contributed by atoms with Crippen LogP contribution in [0.5, 0.6) is 0 Å². The first-order valence-corrected chi connectivity index (χ1v) is 3.45.